The number of amides is 1. The standard InChI is InChI=1S/C23H40N4O2.HI/c1-6-24-23(26-16-20(10-11-28)12-17(2)3)25-15-19-8-7-9-21(14-19)27-22(29)13-18(4)5;/h7-9,14,17-18,20,28H,6,10-13,15-16H2,1-5H3,(H,27,29)(H2,24,25,26);1H. The Kier molecular flexibility index (Phi) is 15.6. The second-order valence-electron chi connectivity index (χ2n) is 8.43. The van der Waals surface area contributed by atoms with E-state index in [9.17, 15) is 9.90 Å². The molecule has 0 aliphatic carbocycles. The average Bonchev–Trinajstić information content (AvgIpc) is 2.63. The van der Waals surface area contributed by atoms with E-state index in [-0.39, 0.29) is 36.5 Å². The van der Waals surface area contributed by atoms with E-state index in [2.05, 4.69) is 34.8 Å². The fraction of sp³-hybridized carbons (Fsp3) is 0.652. The lowest BCUT2D eigenvalue weighted by molar-refractivity contribution is -0.116. The first-order valence-electron chi connectivity index (χ1n) is 10.9. The molecule has 4 N–H and O–H groups in total. The summed E-state index contributed by atoms with van der Waals surface area (Å²) in [7, 11) is 0. The maximum atomic E-state index is 12.0. The Morgan fingerprint density at radius 3 is 2.47 bits per heavy atom. The number of carbonyl (C=O) groups is 1. The van der Waals surface area contributed by atoms with Crippen molar-refractivity contribution in [3.8, 4) is 0 Å². The lowest BCUT2D eigenvalue weighted by Gasteiger charge is -2.20. The number of anilines is 1. The number of benzene rings is 1. The van der Waals surface area contributed by atoms with Gasteiger partial charge in [-0.25, -0.2) is 4.99 Å². The van der Waals surface area contributed by atoms with Crippen LogP contribution in [0.2, 0.25) is 0 Å². The van der Waals surface area contributed by atoms with Crippen molar-refractivity contribution in [3.05, 3.63) is 29.8 Å². The fourth-order valence-corrected chi connectivity index (χ4v) is 3.24. The van der Waals surface area contributed by atoms with Crippen molar-refractivity contribution in [1.82, 2.24) is 10.6 Å². The maximum Gasteiger partial charge on any atom is 0.224 e. The number of hydrogen-bond acceptors (Lipinski definition) is 3. The Morgan fingerprint density at radius 1 is 1.13 bits per heavy atom. The van der Waals surface area contributed by atoms with Gasteiger partial charge in [-0.05, 0) is 55.2 Å². The fourth-order valence-electron chi connectivity index (χ4n) is 3.24. The molecule has 1 rings (SSSR count). The highest BCUT2D eigenvalue weighted by molar-refractivity contribution is 14.0. The van der Waals surface area contributed by atoms with E-state index in [0.29, 0.717) is 30.7 Å². The van der Waals surface area contributed by atoms with E-state index in [1.165, 1.54) is 0 Å². The van der Waals surface area contributed by atoms with Gasteiger partial charge in [0, 0.05) is 31.8 Å². The van der Waals surface area contributed by atoms with Crippen LogP contribution in [0.1, 0.15) is 59.4 Å². The van der Waals surface area contributed by atoms with Crippen molar-refractivity contribution in [2.24, 2.45) is 22.7 Å². The minimum absolute atomic E-state index is 0. The molecule has 0 fully saturated rings. The lowest BCUT2D eigenvalue weighted by Crippen LogP contribution is -2.40. The molecule has 1 aromatic carbocycles. The van der Waals surface area contributed by atoms with Crippen LogP contribution in [-0.4, -0.2) is 36.7 Å². The number of guanidine groups is 1. The topological polar surface area (TPSA) is 85.8 Å². The van der Waals surface area contributed by atoms with Crippen molar-refractivity contribution >= 4 is 41.5 Å². The zero-order chi connectivity index (χ0) is 21.6. The van der Waals surface area contributed by atoms with Crippen molar-refractivity contribution in [2.75, 3.05) is 25.0 Å². The van der Waals surface area contributed by atoms with Crippen LogP contribution in [0.3, 0.4) is 0 Å². The van der Waals surface area contributed by atoms with Gasteiger partial charge in [0.15, 0.2) is 5.96 Å². The summed E-state index contributed by atoms with van der Waals surface area (Å²) in [4.78, 5) is 16.7. The Balaban J connectivity index is 0.00000841. The van der Waals surface area contributed by atoms with Gasteiger partial charge in [0.05, 0.1) is 6.54 Å². The molecule has 7 heteroatoms. The maximum absolute atomic E-state index is 12.0. The second-order valence-corrected chi connectivity index (χ2v) is 8.43. The molecule has 30 heavy (non-hydrogen) atoms. The van der Waals surface area contributed by atoms with Crippen LogP contribution in [0.25, 0.3) is 0 Å². The Labute approximate surface area is 199 Å². The van der Waals surface area contributed by atoms with Gasteiger partial charge >= 0.3 is 0 Å². The van der Waals surface area contributed by atoms with Gasteiger partial charge in [-0.2, -0.15) is 0 Å². The molecule has 0 aliphatic rings. The van der Waals surface area contributed by atoms with E-state index in [0.717, 1.165) is 43.1 Å². The number of halogens is 1. The minimum atomic E-state index is 0. The largest absolute Gasteiger partial charge is 0.396 e. The second kappa shape index (κ2) is 16.4. The van der Waals surface area contributed by atoms with Crippen LogP contribution in [0.15, 0.2) is 29.3 Å². The summed E-state index contributed by atoms with van der Waals surface area (Å²) in [6, 6.07) is 7.83. The van der Waals surface area contributed by atoms with Gasteiger partial charge in [-0.15, -0.1) is 24.0 Å². The zero-order valence-corrected chi connectivity index (χ0v) is 21.5. The van der Waals surface area contributed by atoms with Crippen LogP contribution in [0.5, 0.6) is 0 Å². The summed E-state index contributed by atoms with van der Waals surface area (Å²) in [6.07, 6.45) is 2.38. The summed E-state index contributed by atoms with van der Waals surface area (Å²) in [6.45, 7) is 12.8. The number of carbonyl (C=O) groups excluding carboxylic acids is 1. The molecule has 0 saturated carbocycles. The van der Waals surface area contributed by atoms with Crippen LogP contribution in [-0.2, 0) is 11.3 Å². The number of aliphatic hydroxyl groups excluding tert-OH is 1. The highest BCUT2D eigenvalue weighted by Crippen LogP contribution is 2.15. The molecule has 1 atom stereocenters. The third kappa shape index (κ3) is 13.1. The first kappa shape index (κ1) is 28.6. The number of nitrogens with zero attached hydrogens (tertiary/aromatic N) is 1. The monoisotopic (exact) mass is 532 g/mol. The van der Waals surface area contributed by atoms with E-state index < -0.39 is 0 Å². The van der Waals surface area contributed by atoms with Gasteiger partial charge in [-0.1, -0.05) is 39.8 Å². The molecule has 1 aromatic rings. The summed E-state index contributed by atoms with van der Waals surface area (Å²) in [5.41, 5.74) is 1.85. The minimum Gasteiger partial charge on any atom is -0.396 e. The van der Waals surface area contributed by atoms with Crippen LogP contribution >= 0.6 is 24.0 Å². The summed E-state index contributed by atoms with van der Waals surface area (Å²) in [5, 5.41) is 18.9. The third-order valence-corrected chi connectivity index (χ3v) is 4.47. The first-order chi connectivity index (χ1) is 13.8. The number of hydrogen-bond donors (Lipinski definition) is 4. The van der Waals surface area contributed by atoms with Crippen LogP contribution < -0.4 is 16.0 Å². The first-order valence-corrected chi connectivity index (χ1v) is 10.9. The van der Waals surface area contributed by atoms with E-state index in [1.807, 2.05) is 45.0 Å². The number of rotatable bonds is 12. The van der Waals surface area contributed by atoms with E-state index in [1.54, 1.807) is 0 Å². The molecule has 0 spiro atoms. The molecule has 0 aromatic heterocycles. The van der Waals surface area contributed by atoms with Gasteiger partial charge in [0.2, 0.25) is 5.91 Å². The zero-order valence-electron chi connectivity index (χ0n) is 19.2. The van der Waals surface area contributed by atoms with Crippen LogP contribution in [0, 0.1) is 17.8 Å². The molecular formula is C23H41IN4O2. The molecule has 0 saturated heterocycles. The van der Waals surface area contributed by atoms with Crippen molar-refractivity contribution in [1.29, 1.82) is 0 Å². The molecule has 0 heterocycles. The number of aliphatic imine (C=N–C) groups is 1. The summed E-state index contributed by atoms with van der Waals surface area (Å²) in [5.74, 6) is 2.16. The van der Waals surface area contributed by atoms with Gasteiger partial charge in [-0.3, -0.25) is 4.79 Å². The number of nitrogens with one attached hydrogen (secondary N) is 3. The highest BCUT2D eigenvalue weighted by atomic mass is 127. The van der Waals surface area contributed by atoms with Gasteiger partial charge < -0.3 is 21.1 Å². The summed E-state index contributed by atoms with van der Waals surface area (Å²) < 4.78 is 0. The van der Waals surface area contributed by atoms with Crippen molar-refractivity contribution < 1.29 is 9.90 Å². The number of aliphatic hydroxyl groups is 1. The average molecular weight is 533 g/mol. The Hall–Kier alpha value is -1.35. The molecule has 0 radical (unpaired) electrons. The molecular weight excluding hydrogens is 491 g/mol. The molecule has 1 unspecified atom stereocenters. The van der Waals surface area contributed by atoms with Gasteiger partial charge in [0.1, 0.15) is 0 Å². The Morgan fingerprint density at radius 2 is 1.87 bits per heavy atom. The lowest BCUT2D eigenvalue weighted by atomic mass is 9.94. The van der Waals surface area contributed by atoms with Crippen molar-refractivity contribution in [3.63, 3.8) is 0 Å². The normalized spacial score (nSPS) is 12.5. The van der Waals surface area contributed by atoms with E-state index >= 15 is 0 Å². The molecule has 6 nitrogen and oxygen atoms in total. The SMILES string of the molecule is CCNC(=NCc1cccc(NC(=O)CC(C)C)c1)NCC(CCO)CC(C)C.I. The van der Waals surface area contributed by atoms with Gasteiger partial charge in [0.25, 0.3) is 0 Å². The molecule has 1 amide bonds. The predicted octanol–water partition coefficient (Wildman–Crippen LogP) is 4.39. The third-order valence-electron chi connectivity index (χ3n) is 4.47. The van der Waals surface area contributed by atoms with E-state index in [4.69, 9.17) is 0 Å². The Bertz CT molecular complexity index is 635. The molecule has 0 bridgehead atoms. The van der Waals surface area contributed by atoms with Crippen LogP contribution in [0.4, 0.5) is 5.69 Å². The quantitative estimate of drug-likeness (QED) is 0.183. The smallest absolute Gasteiger partial charge is 0.224 e. The highest BCUT2D eigenvalue weighted by Gasteiger charge is 2.11. The summed E-state index contributed by atoms with van der Waals surface area (Å²) >= 11 is 0. The molecule has 0 aliphatic heterocycles. The van der Waals surface area contributed by atoms with Crippen molar-refractivity contribution in [2.45, 2.75) is 60.4 Å². The predicted molar refractivity (Wildman–Crippen MR) is 137 cm³/mol. The molecule has 172 valence electrons.